The van der Waals surface area contributed by atoms with Gasteiger partial charge in [0.05, 0.1) is 5.92 Å². The van der Waals surface area contributed by atoms with E-state index in [1.165, 1.54) is 11.3 Å². The van der Waals surface area contributed by atoms with E-state index in [4.69, 9.17) is 11.6 Å². The lowest BCUT2D eigenvalue weighted by molar-refractivity contribution is -0.121. The maximum Gasteiger partial charge on any atom is 0.253 e. The van der Waals surface area contributed by atoms with Gasteiger partial charge in [0, 0.05) is 23.7 Å². The molecule has 2 aromatic rings. The molecule has 0 bridgehead atoms. The summed E-state index contributed by atoms with van der Waals surface area (Å²) in [4.78, 5) is 26.8. The molecule has 6 nitrogen and oxygen atoms in total. The zero-order valence-electron chi connectivity index (χ0n) is 13.9. The number of nitrogens with one attached hydrogen (secondary N) is 1. The Bertz CT molecular complexity index is 762. The quantitative estimate of drug-likeness (QED) is 0.886. The minimum Gasteiger partial charge on any atom is -0.338 e. The van der Waals surface area contributed by atoms with E-state index >= 15 is 0 Å². The highest BCUT2D eigenvalue weighted by molar-refractivity contribution is 7.15. The van der Waals surface area contributed by atoms with E-state index in [1.54, 1.807) is 29.2 Å². The van der Waals surface area contributed by atoms with Crippen LogP contribution in [-0.2, 0) is 11.2 Å². The molecule has 1 saturated heterocycles. The minimum atomic E-state index is -0.237. The number of hydrogen-bond donors (Lipinski definition) is 1. The predicted octanol–water partition coefficient (Wildman–Crippen LogP) is 3.24. The Kier molecular flexibility index (Phi) is 5.65. The third kappa shape index (κ3) is 4.35. The molecule has 0 spiro atoms. The largest absolute Gasteiger partial charge is 0.338 e. The zero-order chi connectivity index (χ0) is 17.8. The Balaban J connectivity index is 1.62. The van der Waals surface area contributed by atoms with Gasteiger partial charge in [-0.15, -0.1) is 10.2 Å². The van der Waals surface area contributed by atoms with Crippen LogP contribution in [0.15, 0.2) is 24.3 Å². The molecule has 0 aliphatic carbocycles. The first-order valence-corrected chi connectivity index (χ1v) is 9.44. The minimum absolute atomic E-state index is 0.0710. The number of carbonyl (C=O) groups excluding carboxylic acids is 2. The maximum absolute atomic E-state index is 12.6. The molecule has 1 aliphatic rings. The fraction of sp³-hybridized carbons (Fsp3) is 0.412. The number of amides is 2. The van der Waals surface area contributed by atoms with E-state index in [0.29, 0.717) is 28.8 Å². The molecule has 8 heteroatoms. The molecular formula is C17H19ClN4O2S. The van der Waals surface area contributed by atoms with Crippen LogP contribution in [-0.4, -0.2) is 40.0 Å². The Morgan fingerprint density at radius 3 is 2.76 bits per heavy atom. The molecule has 2 amide bonds. The van der Waals surface area contributed by atoms with Crippen LogP contribution in [0.25, 0.3) is 0 Å². The lowest BCUT2D eigenvalue weighted by Crippen LogP contribution is -2.43. The number of aryl methyl sites for hydroxylation is 1. The molecular weight excluding hydrogens is 360 g/mol. The van der Waals surface area contributed by atoms with E-state index in [9.17, 15) is 9.59 Å². The number of benzene rings is 1. The molecule has 1 fully saturated rings. The van der Waals surface area contributed by atoms with Crippen molar-refractivity contribution in [2.45, 2.75) is 26.2 Å². The maximum atomic E-state index is 12.6. The van der Waals surface area contributed by atoms with Crippen molar-refractivity contribution in [3.05, 3.63) is 39.9 Å². The third-order valence-electron chi connectivity index (χ3n) is 4.17. The number of likely N-dealkylation sites (tertiary alicyclic amines) is 1. The van der Waals surface area contributed by atoms with E-state index in [1.807, 2.05) is 6.92 Å². The van der Waals surface area contributed by atoms with Crippen LogP contribution in [0.5, 0.6) is 0 Å². The average molecular weight is 379 g/mol. The highest BCUT2D eigenvalue weighted by Gasteiger charge is 2.29. The molecule has 0 saturated carbocycles. The predicted molar refractivity (Wildman–Crippen MR) is 98.0 cm³/mol. The van der Waals surface area contributed by atoms with Gasteiger partial charge >= 0.3 is 0 Å². The van der Waals surface area contributed by atoms with Crippen molar-refractivity contribution in [3.8, 4) is 0 Å². The fourth-order valence-electron chi connectivity index (χ4n) is 2.81. The zero-order valence-corrected chi connectivity index (χ0v) is 15.4. The lowest BCUT2D eigenvalue weighted by atomic mass is 9.96. The van der Waals surface area contributed by atoms with Gasteiger partial charge in [0.2, 0.25) is 11.0 Å². The number of anilines is 1. The summed E-state index contributed by atoms with van der Waals surface area (Å²) in [5.41, 5.74) is 0.585. The number of piperidine rings is 1. The standard InChI is InChI=1S/C17H19ClN4O2S/c1-2-14-20-21-17(25-14)19-15(23)12-4-3-9-22(10-12)16(24)11-5-7-13(18)8-6-11/h5-8,12H,2-4,9-10H2,1H3,(H,19,21,23)/t12-/m0/s1. The number of carbonyl (C=O) groups is 2. The van der Waals surface area contributed by atoms with Crippen molar-refractivity contribution in [2.24, 2.45) is 5.92 Å². The van der Waals surface area contributed by atoms with Gasteiger partial charge in [-0.1, -0.05) is 29.9 Å². The summed E-state index contributed by atoms with van der Waals surface area (Å²) < 4.78 is 0. The third-order valence-corrected chi connectivity index (χ3v) is 5.40. The van der Waals surface area contributed by atoms with Gasteiger partial charge in [-0.25, -0.2) is 0 Å². The van der Waals surface area contributed by atoms with Gasteiger partial charge < -0.3 is 10.2 Å². The van der Waals surface area contributed by atoms with E-state index in [-0.39, 0.29) is 17.7 Å². The second kappa shape index (κ2) is 7.93. The summed E-state index contributed by atoms with van der Waals surface area (Å²) in [5.74, 6) is -0.412. The van der Waals surface area contributed by atoms with Crippen molar-refractivity contribution in [1.82, 2.24) is 15.1 Å². The first-order chi connectivity index (χ1) is 12.1. The smallest absolute Gasteiger partial charge is 0.253 e. The summed E-state index contributed by atoms with van der Waals surface area (Å²) in [6.07, 6.45) is 2.35. The summed E-state index contributed by atoms with van der Waals surface area (Å²) in [5, 5.41) is 12.8. The van der Waals surface area contributed by atoms with Crippen LogP contribution in [0, 0.1) is 5.92 Å². The van der Waals surface area contributed by atoms with Gasteiger partial charge in [-0.05, 0) is 43.5 Å². The second-order valence-corrected chi connectivity index (χ2v) is 7.44. The van der Waals surface area contributed by atoms with Crippen molar-refractivity contribution in [1.29, 1.82) is 0 Å². The number of halogens is 1. The lowest BCUT2D eigenvalue weighted by Gasteiger charge is -2.32. The molecule has 25 heavy (non-hydrogen) atoms. The van der Waals surface area contributed by atoms with Gasteiger partial charge in [0.15, 0.2) is 0 Å². The topological polar surface area (TPSA) is 75.2 Å². The first kappa shape index (κ1) is 17.8. The first-order valence-electron chi connectivity index (χ1n) is 8.25. The highest BCUT2D eigenvalue weighted by atomic mass is 35.5. The van der Waals surface area contributed by atoms with E-state index in [2.05, 4.69) is 15.5 Å². The number of aromatic nitrogens is 2. The van der Waals surface area contributed by atoms with Crippen molar-refractivity contribution < 1.29 is 9.59 Å². The number of rotatable bonds is 4. The molecule has 1 N–H and O–H groups in total. The number of nitrogens with zero attached hydrogens (tertiary/aromatic N) is 3. The SMILES string of the molecule is CCc1nnc(NC(=O)[C@H]2CCCN(C(=O)c3ccc(Cl)cc3)C2)s1. The normalized spacial score (nSPS) is 17.4. The second-order valence-electron chi connectivity index (χ2n) is 5.94. The van der Waals surface area contributed by atoms with Gasteiger partial charge in [0.25, 0.3) is 5.91 Å². The van der Waals surface area contributed by atoms with Crippen molar-refractivity contribution in [3.63, 3.8) is 0 Å². The summed E-state index contributed by atoms with van der Waals surface area (Å²) in [6.45, 7) is 3.06. The van der Waals surface area contributed by atoms with Gasteiger partial charge in [-0.3, -0.25) is 9.59 Å². The van der Waals surface area contributed by atoms with Crippen molar-refractivity contribution in [2.75, 3.05) is 18.4 Å². The molecule has 1 aromatic heterocycles. The Morgan fingerprint density at radius 1 is 1.32 bits per heavy atom. The molecule has 0 unspecified atom stereocenters. The van der Waals surface area contributed by atoms with E-state index < -0.39 is 0 Å². The molecule has 1 aromatic carbocycles. The van der Waals surface area contributed by atoms with Gasteiger partial charge in [-0.2, -0.15) is 0 Å². The van der Waals surface area contributed by atoms with Crippen LogP contribution in [0.1, 0.15) is 35.1 Å². The van der Waals surface area contributed by atoms with Crippen LogP contribution in [0.2, 0.25) is 5.02 Å². The molecule has 1 atom stereocenters. The van der Waals surface area contributed by atoms with Crippen molar-refractivity contribution >= 4 is 39.9 Å². The summed E-state index contributed by atoms with van der Waals surface area (Å²) in [6, 6.07) is 6.82. The monoisotopic (exact) mass is 378 g/mol. The van der Waals surface area contributed by atoms with Crippen LogP contribution >= 0.6 is 22.9 Å². The Morgan fingerprint density at radius 2 is 2.08 bits per heavy atom. The molecule has 1 aliphatic heterocycles. The fourth-order valence-corrected chi connectivity index (χ4v) is 3.61. The van der Waals surface area contributed by atoms with E-state index in [0.717, 1.165) is 24.3 Å². The average Bonchev–Trinajstić information content (AvgIpc) is 3.09. The molecule has 0 radical (unpaired) electrons. The Labute approximate surface area is 155 Å². The molecule has 132 valence electrons. The van der Waals surface area contributed by atoms with Gasteiger partial charge in [0.1, 0.15) is 5.01 Å². The summed E-state index contributed by atoms with van der Waals surface area (Å²) in [7, 11) is 0. The summed E-state index contributed by atoms with van der Waals surface area (Å²) >= 11 is 7.25. The number of hydrogen-bond acceptors (Lipinski definition) is 5. The van der Waals surface area contributed by atoms with Crippen LogP contribution < -0.4 is 5.32 Å². The molecule has 3 rings (SSSR count). The molecule has 2 heterocycles. The van der Waals surface area contributed by atoms with Crippen LogP contribution in [0.3, 0.4) is 0 Å². The van der Waals surface area contributed by atoms with Crippen LogP contribution in [0.4, 0.5) is 5.13 Å². The highest BCUT2D eigenvalue weighted by Crippen LogP contribution is 2.22. The Hall–Kier alpha value is -1.99.